The number of hydrogen-bond donors (Lipinski definition) is 2. The maximum atomic E-state index is 11.9. The van der Waals surface area contributed by atoms with Gasteiger partial charge in [-0.3, -0.25) is 9.89 Å². The predicted octanol–water partition coefficient (Wildman–Crippen LogP) is 1.68. The number of amides is 1. The fraction of sp³-hybridized carbons (Fsp3) is 0.769. The molecule has 100 valence electrons. The average Bonchev–Trinajstić information content (AvgIpc) is 2.88. The van der Waals surface area contributed by atoms with E-state index >= 15 is 0 Å². The second-order valence-corrected chi connectivity index (χ2v) is 5.28. The lowest BCUT2D eigenvalue weighted by Crippen LogP contribution is -2.33. The third-order valence-corrected chi connectivity index (χ3v) is 3.74. The first-order chi connectivity index (χ1) is 8.75. The maximum Gasteiger partial charge on any atom is 0.223 e. The fourth-order valence-corrected chi connectivity index (χ4v) is 2.49. The van der Waals surface area contributed by atoms with Gasteiger partial charge >= 0.3 is 0 Å². The first kappa shape index (κ1) is 13.1. The molecule has 1 heterocycles. The second kappa shape index (κ2) is 6.52. The number of hydrogen-bond acceptors (Lipinski definition) is 3. The number of aromatic amines is 1. The summed E-state index contributed by atoms with van der Waals surface area (Å²) >= 11 is 0. The van der Waals surface area contributed by atoms with Crippen LogP contribution in [0.5, 0.6) is 0 Å². The smallest absolute Gasteiger partial charge is 0.223 e. The Labute approximate surface area is 108 Å². The van der Waals surface area contributed by atoms with Crippen molar-refractivity contribution >= 4 is 5.91 Å². The normalized spacial score (nSPS) is 23.8. The molecule has 0 aliphatic heterocycles. The molecule has 0 saturated heterocycles. The molecule has 2 N–H and O–H groups in total. The lowest BCUT2D eigenvalue weighted by Gasteiger charge is -2.25. The SMILES string of the molecule is CC1CCC(C(=O)NCCCc2ncn[nH]2)CC1. The van der Waals surface area contributed by atoms with Gasteiger partial charge in [0.15, 0.2) is 0 Å². The maximum absolute atomic E-state index is 11.9. The molecule has 0 atom stereocenters. The van der Waals surface area contributed by atoms with Gasteiger partial charge in [0.2, 0.25) is 5.91 Å². The number of rotatable bonds is 5. The van der Waals surface area contributed by atoms with Crippen LogP contribution in [0.25, 0.3) is 0 Å². The molecular formula is C13H22N4O. The molecular weight excluding hydrogens is 228 g/mol. The van der Waals surface area contributed by atoms with Crippen molar-refractivity contribution in [3.05, 3.63) is 12.2 Å². The number of aryl methyl sites for hydroxylation is 1. The minimum atomic E-state index is 0.236. The van der Waals surface area contributed by atoms with Crippen LogP contribution in [0.3, 0.4) is 0 Å². The average molecular weight is 250 g/mol. The first-order valence-electron chi connectivity index (χ1n) is 6.87. The highest BCUT2D eigenvalue weighted by molar-refractivity contribution is 5.78. The van der Waals surface area contributed by atoms with Crippen LogP contribution in [-0.4, -0.2) is 27.6 Å². The molecule has 1 aliphatic rings. The predicted molar refractivity (Wildman–Crippen MR) is 68.8 cm³/mol. The molecule has 0 radical (unpaired) electrons. The molecule has 0 aromatic carbocycles. The minimum Gasteiger partial charge on any atom is -0.356 e. The molecule has 1 amide bonds. The summed E-state index contributed by atoms with van der Waals surface area (Å²) in [6.45, 7) is 3.00. The van der Waals surface area contributed by atoms with Gasteiger partial charge in [0.25, 0.3) is 0 Å². The first-order valence-corrected chi connectivity index (χ1v) is 6.87. The number of aromatic nitrogens is 3. The Kier molecular flexibility index (Phi) is 4.73. The van der Waals surface area contributed by atoms with Crippen LogP contribution in [0.15, 0.2) is 6.33 Å². The largest absolute Gasteiger partial charge is 0.356 e. The van der Waals surface area contributed by atoms with Crippen molar-refractivity contribution in [2.45, 2.75) is 45.4 Å². The van der Waals surface area contributed by atoms with Crippen molar-refractivity contribution < 1.29 is 4.79 Å². The molecule has 1 fully saturated rings. The third kappa shape index (κ3) is 3.82. The number of nitrogens with zero attached hydrogens (tertiary/aromatic N) is 2. The Balaban J connectivity index is 1.60. The summed E-state index contributed by atoms with van der Waals surface area (Å²) in [4.78, 5) is 16.0. The van der Waals surface area contributed by atoms with E-state index in [0.29, 0.717) is 0 Å². The van der Waals surface area contributed by atoms with Gasteiger partial charge in [0.05, 0.1) is 0 Å². The zero-order chi connectivity index (χ0) is 12.8. The minimum absolute atomic E-state index is 0.236. The van der Waals surface area contributed by atoms with Crippen molar-refractivity contribution in [2.24, 2.45) is 11.8 Å². The molecule has 0 unspecified atom stereocenters. The Morgan fingerprint density at radius 1 is 1.44 bits per heavy atom. The quantitative estimate of drug-likeness (QED) is 0.781. The molecule has 0 bridgehead atoms. The van der Waals surface area contributed by atoms with Crippen LogP contribution in [0.4, 0.5) is 0 Å². The van der Waals surface area contributed by atoms with E-state index in [0.717, 1.165) is 44.0 Å². The lowest BCUT2D eigenvalue weighted by atomic mass is 9.82. The van der Waals surface area contributed by atoms with E-state index in [1.165, 1.54) is 19.2 Å². The number of nitrogens with one attached hydrogen (secondary N) is 2. The highest BCUT2D eigenvalue weighted by Crippen LogP contribution is 2.28. The van der Waals surface area contributed by atoms with Crippen molar-refractivity contribution in [3.8, 4) is 0 Å². The highest BCUT2D eigenvalue weighted by Gasteiger charge is 2.23. The van der Waals surface area contributed by atoms with Gasteiger partial charge in [-0.05, 0) is 38.0 Å². The van der Waals surface area contributed by atoms with Gasteiger partial charge in [-0.15, -0.1) is 0 Å². The van der Waals surface area contributed by atoms with Crippen molar-refractivity contribution in [1.29, 1.82) is 0 Å². The van der Waals surface area contributed by atoms with Gasteiger partial charge in [0.1, 0.15) is 12.2 Å². The van der Waals surface area contributed by atoms with Crippen LogP contribution in [0.2, 0.25) is 0 Å². The Bertz CT molecular complexity index is 355. The van der Waals surface area contributed by atoms with E-state index in [4.69, 9.17) is 0 Å². The highest BCUT2D eigenvalue weighted by atomic mass is 16.1. The summed E-state index contributed by atoms with van der Waals surface area (Å²) in [5.74, 6) is 2.15. The standard InChI is InChI=1S/C13H22N4O/c1-10-4-6-11(7-5-10)13(18)14-8-2-3-12-15-9-16-17-12/h9-11H,2-8H2,1H3,(H,14,18)(H,15,16,17). The lowest BCUT2D eigenvalue weighted by molar-refractivity contribution is -0.126. The van der Waals surface area contributed by atoms with Gasteiger partial charge in [-0.1, -0.05) is 6.92 Å². The number of H-pyrrole nitrogens is 1. The Morgan fingerprint density at radius 2 is 2.22 bits per heavy atom. The van der Waals surface area contributed by atoms with E-state index in [1.807, 2.05) is 0 Å². The van der Waals surface area contributed by atoms with Gasteiger partial charge in [-0.25, -0.2) is 4.98 Å². The fourth-order valence-electron chi connectivity index (χ4n) is 2.49. The Hall–Kier alpha value is -1.39. The summed E-state index contributed by atoms with van der Waals surface area (Å²) in [5.41, 5.74) is 0. The molecule has 18 heavy (non-hydrogen) atoms. The van der Waals surface area contributed by atoms with Crippen molar-refractivity contribution in [2.75, 3.05) is 6.54 Å². The topological polar surface area (TPSA) is 70.7 Å². The molecule has 2 rings (SSSR count). The van der Waals surface area contributed by atoms with Crippen LogP contribution in [0, 0.1) is 11.8 Å². The molecule has 1 aromatic heterocycles. The van der Waals surface area contributed by atoms with Gasteiger partial charge < -0.3 is 5.32 Å². The Morgan fingerprint density at radius 3 is 2.89 bits per heavy atom. The molecule has 5 nitrogen and oxygen atoms in total. The summed E-state index contributed by atoms with van der Waals surface area (Å²) in [7, 11) is 0. The van der Waals surface area contributed by atoms with Gasteiger partial charge in [0, 0.05) is 18.9 Å². The van der Waals surface area contributed by atoms with Crippen molar-refractivity contribution in [1.82, 2.24) is 20.5 Å². The van der Waals surface area contributed by atoms with Crippen LogP contribution < -0.4 is 5.32 Å². The summed E-state index contributed by atoms with van der Waals surface area (Å²) in [5, 5.41) is 9.64. The van der Waals surface area contributed by atoms with E-state index in [9.17, 15) is 4.79 Å². The van der Waals surface area contributed by atoms with E-state index < -0.39 is 0 Å². The van der Waals surface area contributed by atoms with Crippen LogP contribution >= 0.6 is 0 Å². The van der Waals surface area contributed by atoms with Crippen molar-refractivity contribution in [3.63, 3.8) is 0 Å². The zero-order valence-corrected chi connectivity index (χ0v) is 11.0. The van der Waals surface area contributed by atoms with Crippen LogP contribution in [0.1, 0.15) is 44.9 Å². The van der Waals surface area contributed by atoms with Crippen LogP contribution in [-0.2, 0) is 11.2 Å². The molecule has 1 saturated carbocycles. The third-order valence-electron chi connectivity index (χ3n) is 3.74. The van der Waals surface area contributed by atoms with E-state index in [-0.39, 0.29) is 11.8 Å². The monoisotopic (exact) mass is 250 g/mol. The van der Waals surface area contributed by atoms with E-state index in [2.05, 4.69) is 27.4 Å². The second-order valence-electron chi connectivity index (χ2n) is 5.28. The summed E-state index contributed by atoms with van der Waals surface area (Å²) < 4.78 is 0. The van der Waals surface area contributed by atoms with E-state index in [1.54, 1.807) is 0 Å². The molecule has 5 heteroatoms. The molecule has 0 spiro atoms. The number of carbonyl (C=O) groups is 1. The summed E-state index contributed by atoms with van der Waals surface area (Å²) in [6, 6.07) is 0. The molecule has 1 aromatic rings. The molecule has 1 aliphatic carbocycles. The van der Waals surface area contributed by atoms with Gasteiger partial charge in [-0.2, -0.15) is 5.10 Å². The zero-order valence-electron chi connectivity index (χ0n) is 11.0. The summed E-state index contributed by atoms with van der Waals surface area (Å²) in [6.07, 6.45) is 7.74. The number of carbonyl (C=O) groups excluding carboxylic acids is 1.